The van der Waals surface area contributed by atoms with Crippen molar-refractivity contribution in [2.45, 2.75) is 13.5 Å². The molecule has 2 amide bonds. The van der Waals surface area contributed by atoms with Gasteiger partial charge in [-0.3, -0.25) is 9.59 Å². The van der Waals surface area contributed by atoms with Crippen LogP contribution in [-0.2, 0) is 11.3 Å². The number of hydrogen-bond donors (Lipinski definition) is 3. The third-order valence-corrected chi connectivity index (χ3v) is 4.88. The molecule has 3 N–H and O–H groups in total. The van der Waals surface area contributed by atoms with E-state index in [1.54, 1.807) is 30.3 Å². The van der Waals surface area contributed by atoms with E-state index in [0.717, 1.165) is 11.1 Å². The zero-order valence-corrected chi connectivity index (χ0v) is 18.2. The maximum Gasteiger partial charge on any atom is 0.337 e. The van der Waals surface area contributed by atoms with Crippen molar-refractivity contribution in [1.29, 1.82) is 0 Å². The molecule has 0 aromatic heterocycles. The number of methoxy groups -OCH3 is 1. The van der Waals surface area contributed by atoms with Crippen LogP contribution in [-0.4, -0.2) is 31.9 Å². The molecule has 0 aliphatic heterocycles. The zero-order valence-electron chi connectivity index (χ0n) is 18.2. The second kappa shape index (κ2) is 10.4. The number of aryl methyl sites for hydroxylation is 1. The minimum absolute atomic E-state index is 0.229. The maximum atomic E-state index is 12.7. The molecule has 0 spiro atoms. The van der Waals surface area contributed by atoms with Gasteiger partial charge in [0.25, 0.3) is 11.8 Å². The Morgan fingerprint density at radius 1 is 0.812 bits per heavy atom. The Bertz CT molecular complexity index is 1140. The van der Waals surface area contributed by atoms with Crippen molar-refractivity contribution in [1.82, 2.24) is 5.32 Å². The lowest BCUT2D eigenvalue weighted by atomic mass is 10.1. The summed E-state index contributed by atoms with van der Waals surface area (Å²) >= 11 is 0. The lowest BCUT2D eigenvalue weighted by molar-refractivity contribution is 0.0600. The normalized spacial score (nSPS) is 10.3. The molecule has 7 heteroatoms. The number of nitrogens with one attached hydrogen (secondary N) is 3. The van der Waals surface area contributed by atoms with E-state index in [1.165, 1.54) is 19.2 Å². The SMILES string of the molecule is CNCc1cccc(C(=O)Nc2cc(NC(=O)c3ccc(C(=O)OC)cc3)ccc2C)c1. The van der Waals surface area contributed by atoms with Crippen LogP contribution in [0.5, 0.6) is 0 Å². The molecule has 0 bridgehead atoms. The summed E-state index contributed by atoms with van der Waals surface area (Å²) in [5.74, 6) is -1.03. The second-order valence-electron chi connectivity index (χ2n) is 7.24. The minimum Gasteiger partial charge on any atom is -0.465 e. The van der Waals surface area contributed by atoms with Gasteiger partial charge in [-0.1, -0.05) is 18.2 Å². The van der Waals surface area contributed by atoms with Crippen LogP contribution in [0.2, 0.25) is 0 Å². The van der Waals surface area contributed by atoms with E-state index < -0.39 is 5.97 Å². The Hall–Kier alpha value is -3.97. The van der Waals surface area contributed by atoms with E-state index >= 15 is 0 Å². The highest BCUT2D eigenvalue weighted by atomic mass is 16.5. The van der Waals surface area contributed by atoms with Crippen molar-refractivity contribution in [2.24, 2.45) is 0 Å². The Kier molecular flexibility index (Phi) is 7.36. The monoisotopic (exact) mass is 431 g/mol. The smallest absolute Gasteiger partial charge is 0.337 e. The van der Waals surface area contributed by atoms with E-state index in [4.69, 9.17) is 0 Å². The van der Waals surface area contributed by atoms with Crippen molar-refractivity contribution < 1.29 is 19.1 Å². The number of ether oxygens (including phenoxy) is 1. The molecule has 0 heterocycles. The number of carbonyl (C=O) groups excluding carboxylic acids is 3. The van der Waals surface area contributed by atoms with E-state index in [0.29, 0.717) is 34.6 Å². The van der Waals surface area contributed by atoms with Crippen LogP contribution in [0.3, 0.4) is 0 Å². The van der Waals surface area contributed by atoms with Crippen LogP contribution in [0.15, 0.2) is 66.7 Å². The van der Waals surface area contributed by atoms with Gasteiger partial charge in [0, 0.05) is 29.0 Å². The third-order valence-electron chi connectivity index (χ3n) is 4.88. The van der Waals surface area contributed by atoms with Crippen molar-refractivity contribution in [3.05, 3.63) is 94.5 Å². The van der Waals surface area contributed by atoms with Crippen LogP contribution < -0.4 is 16.0 Å². The van der Waals surface area contributed by atoms with Crippen molar-refractivity contribution in [3.8, 4) is 0 Å². The van der Waals surface area contributed by atoms with Crippen molar-refractivity contribution in [3.63, 3.8) is 0 Å². The van der Waals surface area contributed by atoms with Crippen LogP contribution in [0.4, 0.5) is 11.4 Å². The molecular formula is C25H25N3O4. The average Bonchev–Trinajstić information content (AvgIpc) is 2.81. The van der Waals surface area contributed by atoms with Gasteiger partial charge >= 0.3 is 5.97 Å². The fourth-order valence-corrected chi connectivity index (χ4v) is 3.13. The number of benzene rings is 3. The maximum absolute atomic E-state index is 12.7. The summed E-state index contributed by atoms with van der Waals surface area (Å²) < 4.78 is 4.66. The Morgan fingerprint density at radius 2 is 1.50 bits per heavy atom. The molecule has 0 aliphatic rings. The molecular weight excluding hydrogens is 406 g/mol. The lowest BCUT2D eigenvalue weighted by Gasteiger charge is -2.12. The molecule has 0 atom stereocenters. The van der Waals surface area contributed by atoms with Crippen molar-refractivity contribution >= 4 is 29.2 Å². The Morgan fingerprint density at radius 3 is 2.19 bits per heavy atom. The second-order valence-corrected chi connectivity index (χ2v) is 7.24. The van der Waals surface area contributed by atoms with Gasteiger partial charge in [-0.25, -0.2) is 4.79 Å². The molecule has 32 heavy (non-hydrogen) atoms. The van der Waals surface area contributed by atoms with Crippen molar-refractivity contribution in [2.75, 3.05) is 24.8 Å². The highest BCUT2D eigenvalue weighted by Gasteiger charge is 2.12. The fourth-order valence-electron chi connectivity index (χ4n) is 3.13. The molecule has 164 valence electrons. The van der Waals surface area contributed by atoms with Crippen LogP contribution in [0, 0.1) is 6.92 Å². The number of rotatable bonds is 7. The van der Waals surface area contributed by atoms with E-state index in [1.807, 2.05) is 38.2 Å². The van der Waals surface area contributed by atoms with Gasteiger partial charge in [-0.05, 0) is 73.6 Å². The minimum atomic E-state index is -0.465. The highest BCUT2D eigenvalue weighted by Crippen LogP contribution is 2.22. The van der Waals surface area contributed by atoms with Gasteiger partial charge in [0.15, 0.2) is 0 Å². The summed E-state index contributed by atoms with van der Waals surface area (Å²) in [5, 5.41) is 8.79. The zero-order chi connectivity index (χ0) is 23.1. The van der Waals surface area contributed by atoms with E-state index in [-0.39, 0.29) is 11.8 Å². The van der Waals surface area contributed by atoms with E-state index in [9.17, 15) is 14.4 Å². The number of anilines is 2. The van der Waals surface area contributed by atoms with Gasteiger partial charge in [0.2, 0.25) is 0 Å². The highest BCUT2D eigenvalue weighted by molar-refractivity contribution is 6.07. The standard InChI is InChI=1S/C25H25N3O4/c1-16-7-12-21(27-23(29)18-8-10-19(11-9-18)25(31)32-3)14-22(16)28-24(30)20-6-4-5-17(13-20)15-26-2/h4-14,26H,15H2,1-3H3,(H,27,29)(H,28,30). The van der Waals surface area contributed by atoms with Crippen LogP contribution in [0.1, 0.15) is 42.2 Å². The number of amides is 2. The van der Waals surface area contributed by atoms with Gasteiger partial charge < -0.3 is 20.7 Å². The van der Waals surface area contributed by atoms with Crippen LogP contribution >= 0.6 is 0 Å². The molecule has 0 fully saturated rings. The predicted molar refractivity (Wildman–Crippen MR) is 124 cm³/mol. The molecule has 3 aromatic carbocycles. The molecule has 0 saturated carbocycles. The number of hydrogen-bond acceptors (Lipinski definition) is 5. The third kappa shape index (κ3) is 5.59. The molecule has 0 unspecified atom stereocenters. The number of carbonyl (C=O) groups is 3. The van der Waals surface area contributed by atoms with Gasteiger partial charge in [0.1, 0.15) is 0 Å². The van der Waals surface area contributed by atoms with E-state index in [2.05, 4.69) is 20.7 Å². The quantitative estimate of drug-likeness (QED) is 0.491. The summed E-state index contributed by atoms with van der Waals surface area (Å²) in [4.78, 5) is 36.9. The Balaban J connectivity index is 1.72. The van der Waals surface area contributed by atoms with Gasteiger partial charge in [-0.2, -0.15) is 0 Å². The largest absolute Gasteiger partial charge is 0.465 e. The molecule has 3 aromatic rings. The first kappa shape index (κ1) is 22.7. The topological polar surface area (TPSA) is 96.5 Å². The lowest BCUT2D eigenvalue weighted by Crippen LogP contribution is -2.15. The first-order valence-electron chi connectivity index (χ1n) is 10.1. The van der Waals surface area contributed by atoms with Gasteiger partial charge in [-0.15, -0.1) is 0 Å². The average molecular weight is 431 g/mol. The van der Waals surface area contributed by atoms with Crippen LogP contribution in [0.25, 0.3) is 0 Å². The summed E-state index contributed by atoms with van der Waals surface area (Å²) in [6, 6.07) is 18.9. The summed E-state index contributed by atoms with van der Waals surface area (Å²) in [7, 11) is 3.15. The predicted octanol–water partition coefficient (Wildman–Crippen LogP) is 4.01. The molecule has 0 radical (unpaired) electrons. The molecule has 0 saturated heterocycles. The Labute approximate surface area is 186 Å². The summed E-state index contributed by atoms with van der Waals surface area (Å²) in [5.41, 5.74) is 4.33. The summed E-state index contributed by atoms with van der Waals surface area (Å²) in [6.07, 6.45) is 0. The summed E-state index contributed by atoms with van der Waals surface area (Å²) in [6.45, 7) is 2.55. The van der Waals surface area contributed by atoms with Gasteiger partial charge in [0.05, 0.1) is 12.7 Å². The molecule has 0 aliphatic carbocycles. The first-order chi connectivity index (χ1) is 15.4. The fraction of sp³-hybridized carbons (Fsp3) is 0.160. The number of esters is 1. The first-order valence-corrected chi connectivity index (χ1v) is 10.1. The molecule has 3 rings (SSSR count). The molecule has 7 nitrogen and oxygen atoms in total.